The number of benzene rings is 1. The summed E-state index contributed by atoms with van der Waals surface area (Å²) in [5.41, 5.74) is 0.815. The Balaban J connectivity index is 3.06. The van der Waals surface area contributed by atoms with Crippen molar-refractivity contribution >= 4 is 34.8 Å². The highest BCUT2D eigenvalue weighted by atomic mass is 32.1. The molecule has 1 aromatic rings. The monoisotopic (exact) mass is 307 g/mol. The van der Waals surface area contributed by atoms with Gasteiger partial charge in [-0.1, -0.05) is 30.3 Å². The number of ketones is 1. The minimum atomic E-state index is -1.02. The van der Waals surface area contributed by atoms with Crippen LogP contribution in [-0.2, 0) is 9.59 Å². The minimum absolute atomic E-state index is 0.108. The molecular formula is C14H17N3O3S. The van der Waals surface area contributed by atoms with E-state index < -0.39 is 5.97 Å². The topological polar surface area (TPSA) is 82.0 Å². The van der Waals surface area contributed by atoms with Crippen molar-refractivity contribution in [2.45, 2.75) is 12.8 Å². The van der Waals surface area contributed by atoms with Gasteiger partial charge in [0.05, 0.1) is 6.42 Å². The van der Waals surface area contributed by atoms with Gasteiger partial charge in [0.25, 0.3) is 0 Å². The van der Waals surface area contributed by atoms with Gasteiger partial charge < -0.3 is 10.4 Å². The number of hydrazone groups is 1. The second kappa shape index (κ2) is 8.11. The lowest BCUT2D eigenvalue weighted by atomic mass is 10.0. The molecule has 0 heterocycles. The molecule has 0 saturated heterocycles. The van der Waals surface area contributed by atoms with Gasteiger partial charge in [0.15, 0.2) is 10.9 Å². The lowest BCUT2D eigenvalue weighted by Crippen LogP contribution is -2.33. The van der Waals surface area contributed by atoms with E-state index in [-0.39, 0.29) is 24.3 Å². The van der Waals surface area contributed by atoms with Gasteiger partial charge in [0.1, 0.15) is 5.71 Å². The number of carboxylic acids is 1. The third kappa shape index (κ3) is 5.31. The summed E-state index contributed by atoms with van der Waals surface area (Å²) in [7, 11) is 3.27. The molecule has 0 bridgehead atoms. The van der Waals surface area contributed by atoms with Gasteiger partial charge in [-0.15, -0.1) is 0 Å². The average Bonchev–Trinajstić information content (AvgIpc) is 2.49. The highest BCUT2D eigenvalue weighted by Gasteiger charge is 2.17. The SMILES string of the molecule is CNC(=S)N(C)N=C(C(=O)CCC(=O)O)c1ccccc1. The van der Waals surface area contributed by atoms with Gasteiger partial charge in [-0.3, -0.25) is 9.59 Å². The van der Waals surface area contributed by atoms with E-state index in [2.05, 4.69) is 10.4 Å². The van der Waals surface area contributed by atoms with Crippen molar-refractivity contribution < 1.29 is 14.7 Å². The first-order valence-corrected chi connectivity index (χ1v) is 6.71. The van der Waals surface area contributed by atoms with Crippen molar-refractivity contribution in [2.24, 2.45) is 5.10 Å². The van der Waals surface area contributed by atoms with Gasteiger partial charge in [0, 0.05) is 26.1 Å². The van der Waals surface area contributed by atoms with Crippen LogP contribution in [0, 0.1) is 0 Å². The summed E-state index contributed by atoms with van der Waals surface area (Å²) >= 11 is 5.04. The molecule has 0 aromatic heterocycles. The average molecular weight is 307 g/mol. The molecule has 0 unspecified atom stereocenters. The molecule has 21 heavy (non-hydrogen) atoms. The number of hydrogen-bond acceptors (Lipinski definition) is 4. The first kappa shape index (κ1) is 16.8. The van der Waals surface area contributed by atoms with E-state index in [0.717, 1.165) is 0 Å². The molecular weight excluding hydrogens is 290 g/mol. The highest BCUT2D eigenvalue weighted by Crippen LogP contribution is 2.07. The number of carbonyl (C=O) groups excluding carboxylic acids is 1. The zero-order valence-electron chi connectivity index (χ0n) is 11.9. The Hall–Kier alpha value is -2.28. The highest BCUT2D eigenvalue weighted by molar-refractivity contribution is 7.80. The van der Waals surface area contributed by atoms with E-state index in [1.807, 2.05) is 6.07 Å². The molecule has 0 aliphatic rings. The van der Waals surface area contributed by atoms with Crippen LogP contribution in [0.5, 0.6) is 0 Å². The molecule has 7 heteroatoms. The molecule has 0 aliphatic heterocycles. The Morgan fingerprint density at radius 1 is 1.29 bits per heavy atom. The largest absolute Gasteiger partial charge is 0.481 e. The molecule has 0 atom stereocenters. The Bertz CT molecular complexity index is 558. The predicted octanol–water partition coefficient (Wildman–Crippen LogP) is 1.26. The van der Waals surface area contributed by atoms with E-state index in [1.165, 1.54) is 5.01 Å². The molecule has 0 radical (unpaired) electrons. The van der Waals surface area contributed by atoms with Gasteiger partial charge in [-0.2, -0.15) is 5.10 Å². The van der Waals surface area contributed by atoms with Crippen LogP contribution in [0.2, 0.25) is 0 Å². The van der Waals surface area contributed by atoms with Gasteiger partial charge in [0.2, 0.25) is 0 Å². The molecule has 0 amide bonds. The fourth-order valence-electron chi connectivity index (χ4n) is 1.57. The quantitative estimate of drug-likeness (QED) is 0.468. The number of hydrogen-bond donors (Lipinski definition) is 2. The van der Waals surface area contributed by atoms with Crippen LogP contribution in [0.3, 0.4) is 0 Å². The Kier molecular flexibility index (Phi) is 6.48. The maximum absolute atomic E-state index is 12.2. The molecule has 2 N–H and O–H groups in total. The van der Waals surface area contributed by atoms with E-state index in [0.29, 0.717) is 10.7 Å². The second-order valence-electron chi connectivity index (χ2n) is 4.21. The number of nitrogens with zero attached hydrogens (tertiary/aromatic N) is 2. The van der Waals surface area contributed by atoms with Crippen LogP contribution in [0.15, 0.2) is 35.4 Å². The zero-order chi connectivity index (χ0) is 15.8. The van der Waals surface area contributed by atoms with Gasteiger partial charge >= 0.3 is 5.97 Å². The van der Waals surface area contributed by atoms with Gasteiger partial charge in [-0.25, -0.2) is 5.01 Å². The van der Waals surface area contributed by atoms with E-state index >= 15 is 0 Å². The van der Waals surface area contributed by atoms with Crippen LogP contribution in [-0.4, -0.2) is 46.8 Å². The summed E-state index contributed by atoms with van der Waals surface area (Å²) in [4.78, 5) is 22.8. The summed E-state index contributed by atoms with van der Waals surface area (Å²) in [6.07, 6.45) is -0.339. The Morgan fingerprint density at radius 3 is 2.43 bits per heavy atom. The standard InChI is InChI=1S/C14H17N3O3S/c1-15-14(21)17(2)16-13(10-6-4-3-5-7-10)11(18)8-9-12(19)20/h3-7H,8-9H2,1-2H3,(H,15,21)(H,19,20). The third-order valence-corrected chi connectivity index (χ3v) is 3.10. The summed E-state index contributed by atoms with van der Waals surface area (Å²) in [6, 6.07) is 8.88. The number of nitrogens with one attached hydrogen (secondary N) is 1. The maximum Gasteiger partial charge on any atom is 0.303 e. The normalized spacial score (nSPS) is 10.9. The third-order valence-electron chi connectivity index (χ3n) is 2.64. The van der Waals surface area contributed by atoms with Crippen LogP contribution in [0.4, 0.5) is 0 Å². The first-order chi connectivity index (χ1) is 9.95. The number of rotatable bonds is 6. The minimum Gasteiger partial charge on any atom is -0.481 e. The molecule has 112 valence electrons. The summed E-state index contributed by atoms with van der Waals surface area (Å²) < 4.78 is 0. The smallest absolute Gasteiger partial charge is 0.303 e. The Labute approximate surface area is 128 Å². The van der Waals surface area contributed by atoms with E-state index in [1.54, 1.807) is 38.4 Å². The number of Topliss-reactive ketones (excluding diaryl/α,β-unsaturated/α-hetero) is 1. The second-order valence-corrected chi connectivity index (χ2v) is 4.60. The molecule has 1 aromatic carbocycles. The molecule has 0 aliphatic carbocycles. The van der Waals surface area contributed by atoms with Crippen molar-refractivity contribution in [1.29, 1.82) is 0 Å². The van der Waals surface area contributed by atoms with Gasteiger partial charge in [-0.05, 0) is 12.2 Å². The lowest BCUT2D eigenvalue weighted by molar-refractivity contribution is -0.138. The molecule has 1 rings (SSSR count). The van der Waals surface area contributed by atoms with E-state index in [4.69, 9.17) is 17.3 Å². The number of carboxylic acid groups (broad SMARTS) is 1. The summed E-state index contributed by atoms with van der Waals surface area (Å²) in [5, 5.41) is 17.4. The van der Waals surface area contributed by atoms with Crippen molar-refractivity contribution in [3.8, 4) is 0 Å². The number of thiocarbonyl (C=S) groups is 1. The fourth-order valence-corrected chi connectivity index (χ4v) is 1.61. The van der Waals surface area contributed by atoms with E-state index in [9.17, 15) is 9.59 Å². The molecule has 6 nitrogen and oxygen atoms in total. The predicted molar refractivity (Wildman–Crippen MR) is 84.3 cm³/mol. The van der Waals surface area contributed by atoms with Crippen molar-refractivity contribution in [1.82, 2.24) is 10.3 Å². The molecule has 0 spiro atoms. The van der Waals surface area contributed by atoms with Crippen molar-refractivity contribution in [2.75, 3.05) is 14.1 Å². The van der Waals surface area contributed by atoms with Crippen LogP contribution < -0.4 is 5.32 Å². The summed E-state index contributed by atoms with van der Waals surface area (Å²) in [6.45, 7) is 0. The van der Waals surface area contributed by atoms with Crippen molar-refractivity contribution in [3.63, 3.8) is 0 Å². The fraction of sp³-hybridized carbons (Fsp3) is 0.286. The van der Waals surface area contributed by atoms with Crippen LogP contribution in [0.25, 0.3) is 0 Å². The van der Waals surface area contributed by atoms with Crippen molar-refractivity contribution in [3.05, 3.63) is 35.9 Å². The first-order valence-electron chi connectivity index (χ1n) is 6.30. The molecule has 0 fully saturated rings. The maximum atomic E-state index is 12.2. The number of carbonyl (C=O) groups is 2. The zero-order valence-corrected chi connectivity index (χ0v) is 12.7. The van der Waals surface area contributed by atoms with Crippen LogP contribution in [0.1, 0.15) is 18.4 Å². The molecule has 0 saturated carbocycles. The Morgan fingerprint density at radius 2 is 1.90 bits per heavy atom. The van der Waals surface area contributed by atoms with Crippen LogP contribution >= 0.6 is 12.2 Å². The summed E-state index contributed by atoms with van der Waals surface area (Å²) in [5.74, 6) is -1.36. The number of aliphatic carboxylic acids is 1. The lowest BCUT2D eigenvalue weighted by Gasteiger charge is -2.15.